The molecule has 1 atom stereocenters. The summed E-state index contributed by atoms with van der Waals surface area (Å²) < 4.78 is 4.92. The fraction of sp³-hybridized carbons (Fsp3) is 0.385. The van der Waals surface area contributed by atoms with Gasteiger partial charge in [0.25, 0.3) is 0 Å². The zero-order chi connectivity index (χ0) is 15.6. The molecule has 21 heavy (non-hydrogen) atoms. The van der Waals surface area contributed by atoms with Crippen LogP contribution in [0.2, 0.25) is 0 Å². The number of hydrogen-bond acceptors (Lipinski definition) is 6. The average molecular weight is 292 g/mol. The van der Waals surface area contributed by atoms with E-state index in [-0.39, 0.29) is 13.0 Å². The third-order valence-electron chi connectivity index (χ3n) is 3.40. The summed E-state index contributed by atoms with van der Waals surface area (Å²) in [5, 5.41) is 18.9. The first kappa shape index (κ1) is 15.5. The molecule has 0 radical (unpaired) electrons. The van der Waals surface area contributed by atoms with Crippen LogP contribution in [0.3, 0.4) is 0 Å². The minimum Gasteiger partial charge on any atom is -0.505 e. The molecule has 8 heteroatoms. The summed E-state index contributed by atoms with van der Waals surface area (Å²) in [5.41, 5.74) is 7.52. The van der Waals surface area contributed by atoms with Crippen LogP contribution in [-0.2, 0) is 27.2 Å². The van der Waals surface area contributed by atoms with E-state index in [4.69, 9.17) is 15.5 Å². The van der Waals surface area contributed by atoms with Crippen LogP contribution in [0, 0.1) is 0 Å². The SMILES string of the molecule is CN1CC(=O)OB(O)c2cccc(C[C@H](N)C(=O)O)c2C1. The number of aliphatic carboxylic acids is 1. The molecule has 0 aromatic heterocycles. The maximum absolute atomic E-state index is 11.5. The highest BCUT2D eigenvalue weighted by atomic mass is 16.6. The quantitative estimate of drug-likeness (QED) is 0.570. The molecule has 0 bridgehead atoms. The Kier molecular flexibility index (Phi) is 4.61. The summed E-state index contributed by atoms with van der Waals surface area (Å²) >= 11 is 0. The van der Waals surface area contributed by atoms with E-state index in [1.165, 1.54) is 0 Å². The zero-order valence-electron chi connectivity index (χ0n) is 11.7. The molecule has 112 valence electrons. The van der Waals surface area contributed by atoms with Crippen molar-refractivity contribution in [1.29, 1.82) is 0 Å². The predicted octanol–water partition coefficient (Wildman–Crippen LogP) is -1.68. The third kappa shape index (κ3) is 3.60. The van der Waals surface area contributed by atoms with Crippen LogP contribution in [0.4, 0.5) is 0 Å². The first-order chi connectivity index (χ1) is 9.88. The second kappa shape index (κ2) is 6.25. The van der Waals surface area contributed by atoms with Gasteiger partial charge in [0.1, 0.15) is 6.04 Å². The van der Waals surface area contributed by atoms with Gasteiger partial charge in [0.15, 0.2) is 0 Å². The smallest absolute Gasteiger partial charge is 0.505 e. The minimum absolute atomic E-state index is 0.0514. The zero-order valence-corrected chi connectivity index (χ0v) is 11.7. The molecule has 0 fully saturated rings. The molecular formula is C13H17BN2O5. The Labute approximate surface area is 122 Å². The average Bonchev–Trinajstić information content (AvgIpc) is 2.38. The summed E-state index contributed by atoms with van der Waals surface area (Å²) in [5.74, 6) is -1.60. The lowest BCUT2D eigenvalue weighted by Gasteiger charge is -2.25. The molecule has 0 spiro atoms. The van der Waals surface area contributed by atoms with Crippen LogP contribution in [0.5, 0.6) is 0 Å². The molecule has 4 N–H and O–H groups in total. The van der Waals surface area contributed by atoms with Gasteiger partial charge in [0.2, 0.25) is 0 Å². The highest BCUT2D eigenvalue weighted by molar-refractivity contribution is 6.62. The van der Waals surface area contributed by atoms with Crippen LogP contribution in [0.1, 0.15) is 11.1 Å². The van der Waals surface area contributed by atoms with Gasteiger partial charge in [-0.05, 0) is 24.6 Å². The summed E-state index contributed by atoms with van der Waals surface area (Å²) in [4.78, 5) is 24.1. The molecule has 1 heterocycles. The number of nitrogens with zero attached hydrogens (tertiary/aromatic N) is 1. The van der Waals surface area contributed by atoms with Crippen molar-refractivity contribution in [1.82, 2.24) is 4.90 Å². The fourth-order valence-corrected chi connectivity index (χ4v) is 2.37. The van der Waals surface area contributed by atoms with Gasteiger partial charge in [0, 0.05) is 12.0 Å². The number of hydrogen-bond donors (Lipinski definition) is 3. The van der Waals surface area contributed by atoms with Crippen molar-refractivity contribution in [2.24, 2.45) is 5.73 Å². The molecule has 2 rings (SSSR count). The molecule has 0 amide bonds. The first-order valence-corrected chi connectivity index (χ1v) is 6.53. The lowest BCUT2D eigenvalue weighted by atomic mass is 9.74. The second-order valence-corrected chi connectivity index (χ2v) is 5.15. The van der Waals surface area contributed by atoms with Crippen molar-refractivity contribution in [3.05, 3.63) is 29.3 Å². The number of nitrogens with two attached hydrogens (primary N) is 1. The first-order valence-electron chi connectivity index (χ1n) is 6.53. The number of likely N-dealkylation sites (N-methyl/N-ethyl adjacent to an activating group) is 1. The summed E-state index contributed by atoms with van der Waals surface area (Å²) in [6.07, 6.45) is 0.146. The van der Waals surface area contributed by atoms with Crippen LogP contribution >= 0.6 is 0 Å². The number of carboxylic acid groups (broad SMARTS) is 1. The van der Waals surface area contributed by atoms with Gasteiger partial charge >= 0.3 is 19.1 Å². The largest absolute Gasteiger partial charge is 0.562 e. The second-order valence-electron chi connectivity index (χ2n) is 5.15. The van der Waals surface area contributed by atoms with Gasteiger partial charge in [-0.1, -0.05) is 18.2 Å². The minimum atomic E-state index is -1.35. The van der Waals surface area contributed by atoms with Crippen molar-refractivity contribution in [2.75, 3.05) is 13.6 Å². The van der Waals surface area contributed by atoms with Gasteiger partial charge < -0.3 is 20.5 Å². The maximum Gasteiger partial charge on any atom is 0.562 e. The molecule has 0 unspecified atom stereocenters. The molecule has 1 aliphatic rings. The van der Waals surface area contributed by atoms with Gasteiger partial charge in [-0.2, -0.15) is 0 Å². The molecule has 0 aliphatic carbocycles. The van der Waals surface area contributed by atoms with E-state index in [0.29, 0.717) is 12.0 Å². The van der Waals surface area contributed by atoms with Crippen LogP contribution < -0.4 is 11.2 Å². The van der Waals surface area contributed by atoms with Crippen molar-refractivity contribution < 1.29 is 24.4 Å². The van der Waals surface area contributed by atoms with E-state index in [1.807, 2.05) is 0 Å². The van der Waals surface area contributed by atoms with Gasteiger partial charge in [-0.25, -0.2) is 0 Å². The van der Waals surface area contributed by atoms with E-state index < -0.39 is 25.1 Å². The lowest BCUT2D eigenvalue weighted by molar-refractivity contribution is -0.138. The molecule has 1 aromatic carbocycles. The van der Waals surface area contributed by atoms with Crippen molar-refractivity contribution in [3.63, 3.8) is 0 Å². The topological polar surface area (TPSA) is 113 Å². The Hall–Kier alpha value is -1.90. The number of benzene rings is 1. The number of carboxylic acids is 1. The number of rotatable bonds is 3. The number of carbonyl (C=O) groups excluding carboxylic acids is 1. The highest BCUT2D eigenvalue weighted by Crippen LogP contribution is 2.14. The monoisotopic (exact) mass is 292 g/mol. The van der Waals surface area contributed by atoms with Crippen molar-refractivity contribution in [2.45, 2.75) is 19.0 Å². The van der Waals surface area contributed by atoms with Gasteiger partial charge in [-0.3, -0.25) is 14.5 Å². The van der Waals surface area contributed by atoms with E-state index >= 15 is 0 Å². The van der Waals surface area contributed by atoms with Gasteiger partial charge in [0.05, 0.1) is 6.54 Å². The molecule has 0 saturated heterocycles. The van der Waals surface area contributed by atoms with Crippen molar-refractivity contribution >= 4 is 24.5 Å². The standard InChI is InChI=1S/C13H17BN2O5/c1-16-6-9-8(5-11(15)13(18)19)3-2-4-10(9)14(20)21-12(17)7-16/h2-4,11,20H,5-7,15H2,1H3,(H,18,19)/t11-/m0/s1. The molecular weight excluding hydrogens is 275 g/mol. The molecule has 1 aliphatic heterocycles. The highest BCUT2D eigenvalue weighted by Gasteiger charge is 2.30. The Morgan fingerprint density at radius 2 is 2.24 bits per heavy atom. The fourth-order valence-electron chi connectivity index (χ4n) is 2.37. The van der Waals surface area contributed by atoms with Gasteiger partial charge in [-0.15, -0.1) is 0 Å². The maximum atomic E-state index is 11.5. The van der Waals surface area contributed by atoms with Crippen LogP contribution in [0.25, 0.3) is 0 Å². The lowest BCUT2D eigenvalue weighted by Crippen LogP contribution is -2.45. The van der Waals surface area contributed by atoms with E-state index in [1.54, 1.807) is 30.1 Å². The number of fused-ring (bicyclic) bond motifs is 1. The normalized spacial score (nSPS) is 17.5. The molecule has 0 saturated carbocycles. The molecule has 7 nitrogen and oxygen atoms in total. The summed E-state index contributed by atoms with van der Waals surface area (Å²) in [6.45, 7) is 0.458. The summed E-state index contributed by atoms with van der Waals surface area (Å²) in [7, 11) is 0.401. The van der Waals surface area contributed by atoms with Crippen LogP contribution in [0.15, 0.2) is 18.2 Å². The Morgan fingerprint density at radius 1 is 1.52 bits per heavy atom. The predicted molar refractivity (Wildman–Crippen MR) is 75.8 cm³/mol. The Bertz CT molecular complexity index is 565. The Balaban J connectivity index is 2.39. The van der Waals surface area contributed by atoms with E-state index in [9.17, 15) is 14.6 Å². The van der Waals surface area contributed by atoms with E-state index in [0.717, 1.165) is 11.1 Å². The van der Waals surface area contributed by atoms with Crippen molar-refractivity contribution in [3.8, 4) is 0 Å². The third-order valence-corrected chi connectivity index (χ3v) is 3.40. The van der Waals surface area contributed by atoms with Crippen LogP contribution in [-0.4, -0.2) is 53.7 Å². The Morgan fingerprint density at radius 3 is 2.90 bits per heavy atom. The molecule has 1 aromatic rings. The summed E-state index contributed by atoms with van der Waals surface area (Å²) in [6, 6.07) is 4.09. The van der Waals surface area contributed by atoms with E-state index in [2.05, 4.69) is 0 Å². The number of carbonyl (C=O) groups is 2.